The highest BCUT2D eigenvalue weighted by Crippen LogP contribution is 2.19. The summed E-state index contributed by atoms with van der Waals surface area (Å²) in [5, 5.41) is 3.05. The first-order valence-electron chi connectivity index (χ1n) is 5.84. The maximum atomic E-state index is 13.4. The van der Waals surface area contributed by atoms with Crippen molar-refractivity contribution >= 4 is 33.4 Å². The molecule has 0 aliphatic rings. The van der Waals surface area contributed by atoms with Crippen molar-refractivity contribution in [3.8, 4) is 0 Å². The quantitative estimate of drug-likeness (QED) is 0.623. The Hall–Kier alpha value is -0.610. The highest BCUT2D eigenvalue weighted by molar-refractivity contribution is 9.09. The van der Waals surface area contributed by atoms with E-state index in [9.17, 15) is 9.18 Å². The molecule has 1 aromatic carbocycles. The van der Waals surface area contributed by atoms with E-state index in [-0.39, 0.29) is 17.9 Å². The molecule has 0 radical (unpaired) electrons. The second kappa shape index (κ2) is 7.74. The Labute approximate surface area is 120 Å². The number of carbonyl (C=O) groups is 1. The van der Waals surface area contributed by atoms with Gasteiger partial charge in [0.15, 0.2) is 0 Å². The van der Waals surface area contributed by atoms with Gasteiger partial charge >= 0.3 is 0 Å². The lowest BCUT2D eigenvalue weighted by molar-refractivity contribution is -0.120. The largest absolute Gasteiger partial charge is 0.356 e. The second-order valence-corrected chi connectivity index (χ2v) is 6.12. The van der Waals surface area contributed by atoms with Crippen LogP contribution < -0.4 is 5.32 Å². The molecule has 0 aliphatic heterocycles. The molecule has 0 aromatic heterocycles. The summed E-state index contributed by atoms with van der Waals surface area (Å²) in [6.45, 7) is 2.65. The van der Waals surface area contributed by atoms with E-state index in [0.717, 1.165) is 12.8 Å². The van der Waals surface area contributed by atoms with Crippen LogP contribution in [0, 0.1) is 5.82 Å². The van der Waals surface area contributed by atoms with Crippen molar-refractivity contribution in [3.05, 3.63) is 34.6 Å². The molecule has 1 rings (SSSR count). The number of benzene rings is 1. The lowest BCUT2D eigenvalue weighted by Gasteiger charge is -2.08. The highest BCUT2D eigenvalue weighted by Gasteiger charge is 2.11. The van der Waals surface area contributed by atoms with Gasteiger partial charge in [0, 0.05) is 22.0 Å². The summed E-state index contributed by atoms with van der Waals surface area (Å²) >= 11 is 9.28. The van der Waals surface area contributed by atoms with Crippen molar-refractivity contribution in [3.63, 3.8) is 0 Å². The smallest absolute Gasteiger partial charge is 0.224 e. The highest BCUT2D eigenvalue weighted by atomic mass is 79.9. The summed E-state index contributed by atoms with van der Waals surface area (Å²) in [5.74, 6) is -0.643. The van der Waals surface area contributed by atoms with Gasteiger partial charge in [0.05, 0.1) is 6.42 Å². The fraction of sp³-hybridized carbons (Fsp3) is 0.462. The van der Waals surface area contributed by atoms with Gasteiger partial charge in [-0.3, -0.25) is 4.79 Å². The number of alkyl halides is 1. The molecule has 1 amide bonds. The van der Waals surface area contributed by atoms with Crippen molar-refractivity contribution in [1.29, 1.82) is 0 Å². The summed E-state index contributed by atoms with van der Waals surface area (Å²) in [7, 11) is 0. The second-order valence-electron chi connectivity index (χ2n) is 4.15. The third-order valence-electron chi connectivity index (χ3n) is 2.50. The van der Waals surface area contributed by atoms with Gasteiger partial charge in [0.25, 0.3) is 0 Å². The fourth-order valence-corrected chi connectivity index (χ4v) is 2.09. The minimum atomic E-state index is -0.438. The van der Waals surface area contributed by atoms with Crippen molar-refractivity contribution in [2.24, 2.45) is 0 Å². The molecular formula is C13H16BrClFNO. The third-order valence-corrected chi connectivity index (χ3v) is 3.31. The number of hydrogen-bond donors (Lipinski definition) is 1. The minimum absolute atomic E-state index is 0.0185. The van der Waals surface area contributed by atoms with Crippen molar-refractivity contribution < 1.29 is 9.18 Å². The standard InChI is InChI=1S/C13H16BrClFNO/c1-9(14)4-3-7-17-13(18)8-10-11(15)5-2-6-12(10)16/h2,5-6,9H,3-4,7-8H2,1H3,(H,17,18). The molecule has 1 atom stereocenters. The van der Waals surface area contributed by atoms with Crippen molar-refractivity contribution in [1.82, 2.24) is 5.32 Å². The van der Waals surface area contributed by atoms with Crippen LogP contribution in [0.15, 0.2) is 18.2 Å². The van der Waals surface area contributed by atoms with Crippen LogP contribution >= 0.6 is 27.5 Å². The van der Waals surface area contributed by atoms with Crippen LogP contribution in [-0.2, 0) is 11.2 Å². The van der Waals surface area contributed by atoms with E-state index < -0.39 is 5.82 Å². The molecule has 0 fully saturated rings. The third kappa shape index (κ3) is 5.36. The summed E-state index contributed by atoms with van der Waals surface area (Å²) in [6.07, 6.45) is 1.86. The van der Waals surface area contributed by atoms with Crippen LogP contribution in [0.4, 0.5) is 4.39 Å². The average molecular weight is 337 g/mol. The lowest BCUT2D eigenvalue weighted by Crippen LogP contribution is -2.26. The monoisotopic (exact) mass is 335 g/mol. The summed E-state index contributed by atoms with van der Waals surface area (Å²) in [4.78, 5) is 12.1. The maximum absolute atomic E-state index is 13.4. The zero-order chi connectivity index (χ0) is 13.5. The van der Waals surface area contributed by atoms with E-state index in [0.29, 0.717) is 16.4 Å². The number of amides is 1. The van der Waals surface area contributed by atoms with Gasteiger partial charge in [-0.2, -0.15) is 0 Å². The van der Waals surface area contributed by atoms with Gasteiger partial charge in [-0.05, 0) is 25.0 Å². The molecule has 0 bridgehead atoms. The van der Waals surface area contributed by atoms with E-state index in [1.807, 2.05) is 0 Å². The van der Waals surface area contributed by atoms with Gasteiger partial charge in [0.1, 0.15) is 5.82 Å². The molecule has 2 nitrogen and oxygen atoms in total. The van der Waals surface area contributed by atoms with Crippen LogP contribution in [0.5, 0.6) is 0 Å². The number of nitrogens with one attached hydrogen (secondary N) is 1. The summed E-state index contributed by atoms with van der Waals surface area (Å²) in [5.41, 5.74) is 0.255. The van der Waals surface area contributed by atoms with Crippen LogP contribution in [-0.4, -0.2) is 17.3 Å². The molecule has 0 heterocycles. The Morgan fingerprint density at radius 2 is 2.28 bits per heavy atom. The molecular weight excluding hydrogens is 321 g/mol. The van der Waals surface area contributed by atoms with Crippen LogP contribution in [0.3, 0.4) is 0 Å². The molecule has 1 unspecified atom stereocenters. The first kappa shape index (κ1) is 15.4. The van der Waals surface area contributed by atoms with E-state index in [1.165, 1.54) is 12.1 Å². The SMILES string of the molecule is CC(Br)CCCNC(=O)Cc1c(F)cccc1Cl. The molecule has 5 heteroatoms. The Morgan fingerprint density at radius 3 is 2.89 bits per heavy atom. The van der Waals surface area contributed by atoms with Crippen LogP contribution in [0.1, 0.15) is 25.3 Å². The molecule has 0 spiro atoms. The van der Waals surface area contributed by atoms with Crippen molar-refractivity contribution in [2.75, 3.05) is 6.54 Å². The molecule has 1 N–H and O–H groups in total. The fourth-order valence-electron chi connectivity index (χ4n) is 1.54. The van der Waals surface area contributed by atoms with Gasteiger partial charge < -0.3 is 5.32 Å². The lowest BCUT2D eigenvalue weighted by atomic mass is 10.1. The zero-order valence-electron chi connectivity index (χ0n) is 10.2. The van der Waals surface area contributed by atoms with Gasteiger partial charge in [-0.1, -0.05) is 40.5 Å². The molecule has 0 saturated carbocycles. The first-order chi connectivity index (χ1) is 8.50. The Morgan fingerprint density at radius 1 is 1.56 bits per heavy atom. The molecule has 1 aromatic rings. The van der Waals surface area contributed by atoms with Crippen LogP contribution in [0.25, 0.3) is 0 Å². The molecule has 18 heavy (non-hydrogen) atoms. The van der Waals surface area contributed by atoms with E-state index in [1.54, 1.807) is 6.07 Å². The maximum Gasteiger partial charge on any atom is 0.224 e. The normalized spacial score (nSPS) is 12.2. The van der Waals surface area contributed by atoms with E-state index in [2.05, 4.69) is 28.2 Å². The van der Waals surface area contributed by atoms with E-state index in [4.69, 9.17) is 11.6 Å². The number of hydrogen-bond acceptors (Lipinski definition) is 1. The predicted molar refractivity (Wildman–Crippen MR) is 75.7 cm³/mol. The molecule has 0 aliphatic carbocycles. The Balaban J connectivity index is 2.40. The summed E-state index contributed by atoms with van der Waals surface area (Å²) in [6, 6.07) is 4.41. The van der Waals surface area contributed by atoms with E-state index >= 15 is 0 Å². The first-order valence-corrected chi connectivity index (χ1v) is 7.13. The van der Waals surface area contributed by atoms with Gasteiger partial charge in [-0.15, -0.1) is 0 Å². The zero-order valence-corrected chi connectivity index (χ0v) is 12.5. The molecule has 100 valence electrons. The molecule has 0 saturated heterocycles. The number of halogens is 3. The van der Waals surface area contributed by atoms with Gasteiger partial charge in [-0.25, -0.2) is 4.39 Å². The summed E-state index contributed by atoms with van der Waals surface area (Å²) < 4.78 is 13.4. The Bertz CT molecular complexity index is 392. The predicted octanol–water partition coefficient (Wildman–Crippen LogP) is 3.70. The topological polar surface area (TPSA) is 29.1 Å². The minimum Gasteiger partial charge on any atom is -0.356 e. The van der Waals surface area contributed by atoms with Gasteiger partial charge in [0.2, 0.25) is 5.91 Å². The Kier molecular flexibility index (Phi) is 6.65. The van der Waals surface area contributed by atoms with Crippen LogP contribution in [0.2, 0.25) is 5.02 Å². The number of carbonyl (C=O) groups excluding carboxylic acids is 1. The average Bonchev–Trinajstić information content (AvgIpc) is 2.29. The van der Waals surface area contributed by atoms with Crippen molar-refractivity contribution in [2.45, 2.75) is 31.0 Å². The number of rotatable bonds is 6.